The van der Waals surface area contributed by atoms with Gasteiger partial charge >= 0.3 is 0 Å². The maximum absolute atomic E-state index is 10.2. The molecule has 94 valence electrons. The van der Waals surface area contributed by atoms with Crippen molar-refractivity contribution < 1.29 is 5.11 Å². The summed E-state index contributed by atoms with van der Waals surface area (Å²) in [5, 5.41) is 10.2. The van der Waals surface area contributed by atoms with Gasteiger partial charge in [0.25, 0.3) is 0 Å². The largest absolute Gasteiger partial charge is 0.388 e. The molecule has 1 aromatic heterocycles. The van der Waals surface area contributed by atoms with Crippen LogP contribution in [0.25, 0.3) is 0 Å². The van der Waals surface area contributed by atoms with Gasteiger partial charge in [-0.05, 0) is 36.0 Å². The van der Waals surface area contributed by atoms with E-state index in [1.807, 2.05) is 6.07 Å². The molecule has 1 nitrogen and oxygen atoms in total. The molecule has 1 N–H and O–H groups in total. The number of thiophene rings is 1. The van der Waals surface area contributed by atoms with Crippen molar-refractivity contribution >= 4 is 34.5 Å². The average Bonchev–Trinajstić information content (AvgIpc) is 2.65. The summed E-state index contributed by atoms with van der Waals surface area (Å²) in [4.78, 5) is 0. The van der Waals surface area contributed by atoms with E-state index in [2.05, 4.69) is 18.2 Å². The normalized spacial score (nSPS) is 19.2. The van der Waals surface area contributed by atoms with Crippen LogP contribution in [0.5, 0.6) is 0 Å². The Morgan fingerprint density at radius 1 is 1.33 bits per heavy atom. The van der Waals surface area contributed by atoms with Gasteiger partial charge in [0, 0.05) is 5.56 Å². The maximum Gasteiger partial charge on any atom is 0.100 e. The Labute approximate surface area is 120 Å². The van der Waals surface area contributed by atoms with Gasteiger partial charge in [0.2, 0.25) is 0 Å². The second-order valence-corrected chi connectivity index (χ2v) is 6.92. The van der Waals surface area contributed by atoms with Crippen LogP contribution in [-0.4, -0.2) is 5.11 Å². The maximum atomic E-state index is 10.2. The lowest BCUT2D eigenvalue weighted by atomic mass is 9.74. The van der Waals surface area contributed by atoms with Crippen LogP contribution in [0, 0.1) is 0 Å². The number of rotatable bonds is 3. The fourth-order valence-corrected chi connectivity index (χ4v) is 4.12. The third-order valence-corrected chi connectivity index (χ3v) is 5.03. The molecule has 0 amide bonds. The molecule has 1 heterocycles. The highest BCUT2D eigenvalue weighted by atomic mass is 35.5. The minimum absolute atomic E-state index is 0.436. The third-order valence-electron chi connectivity index (χ3n) is 3.51. The van der Waals surface area contributed by atoms with Crippen molar-refractivity contribution in [3.8, 4) is 0 Å². The first-order valence-electron chi connectivity index (χ1n) is 5.85. The summed E-state index contributed by atoms with van der Waals surface area (Å²) in [5.41, 5.74) is 3.51. The smallest absolute Gasteiger partial charge is 0.100 e. The Kier molecular flexibility index (Phi) is 3.37. The number of halogens is 2. The fourth-order valence-electron chi connectivity index (χ4n) is 2.55. The molecule has 3 rings (SSSR count). The van der Waals surface area contributed by atoms with Gasteiger partial charge in [0.1, 0.15) is 4.34 Å². The fraction of sp³-hybridized carbons (Fsp3) is 0.286. The van der Waals surface area contributed by atoms with Gasteiger partial charge in [-0.25, -0.2) is 0 Å². The molecule has 2 aromatic rings. The van der Waals surface area contributed by atoms with E-state index in [1.54, 1.807) is 6.07 Å². The van der Waals surface area contributed by atoms with E-state index < -0.39 is 6.10 Å². The summed E-state index contributed by atoms with van der Waals surface area (Å²) >= 11 is 13.3. The van der Waals surface area contributed by atoms with E-state index in [-0.39, 0.29) is 0 Å². The number of fused-ring (bicyclic) bond motifs is 1. The molecule has 2 atom stereocenters. The standard InChI is InChI=1S/C14H12Cl2OS/c15-13-7-11(14(16)18-13)12(17)6-9-5-8-3-1-2-4-10(8)9/h1-4,7,9,12,17H,5-6H2. The zero-order chi connectivity index (χ0) is 12.7. The molecular weight excluding hydrogens is 287 g/mol. The lowest BCUT2D eigenvalue weighted by Gasteiger charge is -2.31. The molecule has 0 bridgehead atoms. The Morgan fingerprint density at radius 2 is 2.11 bits per heavy atom. The Bertz CT molecular complexity index is 579. The summed E-state index contributed by atoms with van der Waals surface area (Å²) in [5.74, 6) is 0.436. The zero-order valence-electron chi connectivity index (χ0n) is 9.57. The van der Waals surface area contributed by atoms with Crippen molar-refractivity contribution in [2.45, 2.75) is 24.9 Å². The van der Waals surface area contributed by atoms with Crippen molar-refractivity contribution in [3.05, 3.63) is 55.7 Å². The van der Waals surface area contributed by atoms with Crippen LogP contribution in [0.4, 0.5) is 0 Å². The SMILES string of the molecule is OC(CC1Cc2ccccc21)c1cc(Cl)sc1Cl. The van der Waals surface area contributed by atoms with Crippen LogP contribution in [0.15, 0.2) is 30.3 Å². The number of benzene rings is 1. The lowest BCUT2D eigenvalue weighted by Crippen LogP contribution is -2.19. The summed E-state index contributed by atoms with van der Waals surface area (Å²) in [6, 6.07) is 10.2. The van der Waals surface area contributed by atoms with Crippen molar-refractivity contribution in [1.82, 2.24) is 0 Å². The van der Waals surface area contributed by atoms with Gasteiger partial charge in [0.15, 0.2) is 0 Å². The quantitative estimate of drug-likeness (QED) is 0.861. The lowest BCUT2D eigenvalue weighted by molar-refractivity contribution is 0.154. The highest BCUT2D eigenvalue weighted by molar-refractivity contribution is 7.20. The molecule has 18 heavy (non-hydrogen) atoms. The minimum Gasteiger partial charge on any atom is -0.388 e. The van der Waals surface area contributed by atoms with Crippen LogP contribution in [-0.2, 0) is 6.42 Å². The molecule has 0 radical (unpaired) electrons. The van der Waals surface area contributed by atoms with E-state index in [1.165, 1.54) is 22.5 Å². The van der Waals surface area contributed by atoms with Crippen molar-refractivity contribution in [2.24, 2.45) is 0 Å². The number of aliphatic hydroxyl groups is 1. The predicted octanol–water partition coefficient (Wildman–Crippen LogP) is 4.82. The first-order valence-corrected chi connectivity index (χ1v) is 7.43. The van der Waals surface area contributed by atoms with Crippen molar-refractivity contribution in [3.63, 3.8) is 0 Å². The van der Waals surface area contributed by atoms with Crippen LogP contribution < -0.4 is 0 Å². The number of hydrogen-bond donors (Lipinski definition) is 1. The highest BCUT2D eigenvalue weighted by Crippen LogP contribution is 2.43. The van der Waals surface area contributed by atoms with E-state index >= 15 is 0 Å². The zero-order valence-corrected chi connectivity index (χ0v) is 11.9. The molecule has 0 saturated carbocycles. The minimum atomic E-state index is -0.528. The first kappa shape index (κ1) is 12.5. The second kappa shape index (κ2) is 4.86. The molecule has 0 spiro atoms. The van der Waals surface area contributed by atoms with Crippen molar-refractivity contribution in [1.29, 1.82) is 0 Å². The molecule has 1 aliphatic carbocycles. The van der Waals surface area contributed by atoms with E-state index in [9.17, 15) is 5.11 Å². The molecule has 1 aromatic carbocycles. The Morgan fingerprint density at radius 3 is 2.78 bits per heavy atom. The second-order valence-electron chi connectivity index (χ2n) is 4.63. The third kappa shape index (κ3) is 2.19. The Hall–Kier alpha value is -0.540. The Balaban J connectivity index is 1.74. The predicted molar refractivity (Wildman–Crippen MR) is 76.8 cm³/mol. The molecule has 0 fully saturated rings. The van der Waals surface area contributed by atoms with Gasteiger partial charge in [-0.15, -0.1) is 11.3 Å². The van der Waals surface area contributed by atoms with Gasteiger partial charge < -0.3 is 5.11 Å². The highest BCUT2D eigenvalue weighted by Gasteiger charge is 2.29. The van der Waals surface area contributed by atoms with Gasteiger partial charge in [-0.3, -0.25) is 0 Å². The topological polar surface area (TPSA) is 20.2 Å². The van der Waals surface area contributed by atoms with E-state index in [0.717, 1.165) is 12.0 Å². The average molecular weight is 299 g/mol. The van der Waals surface area contributed by atoms with E-state index in [4.69, 9.17) is 23.2 Å². The van der Waals surface area contributed by atoms with Crippen LogP contribution in [0.3, 0.4) is 0 Å². The molecule has 0 aliphatic heterocycles. The van der Waals surface area contributed by atoms with Gasteiger partial charge in [-0.1, -0.05) is 47.5 Å². The van der Waals surface area contributed by atoms with E-state index in [0.29, 0.717) is 21.0 Å². The summed E-state index contributed by atoms with van der Waals surface area (Å²) in [6.45, 7) is 0. The molecule has 1 aliphatic rings. The molecule has 0 saturated heterocycles. The molecule has 2 unspecified atom stereocenters. The van der Waals surface area contributed by atoms with Crippen LogP contribution in [0.2, 0.25) is 8.67 Å². The first-order chi connectivity index (χ1) is 8.65. The molecular formula is C14H12Cl2OS. The molecule has 4 heteroatoms. The summed E-state index contributed by atoms with van der Waals surface area (Å²) < 4.78 is 1.23. The van der Waals surface area contributed by atoms with Crippen LogP contribution in [0.1, 0.15) is 35.1 Å². The van der Waals surface area contributed by atoms with Crippen molar-refractivity contribution in [2.75, 3.05) is 0 Å². The summed E-state index contributed by atoms with van der Waals surface area (Å²) in [7, 11) is 0. The van der Waals surface area contributed by atoms with Gasteiger partial charge in [0.05, 0.1) is 10.4 Å². The summed E-state index contributed by atoms with van der Waals surface area (Å²) in [6.07, 6.45) is 1.23. The number of aliphatic hydroxyl groups excluding tert-OH is 1. The number of hydrogen-bond acceptors (Lipinski definition) is 2. The monoisotopic (exact) mass is 298 g/mol. The van der Waals surface area contributed by atoms with Crippen LogP contribution >= 0.6 is 34.5 Å². The van der Waals surface area contributed by atoms with Gasteiger partial charge in [-0.2, -0.15) is 0 Å².